The van der Waals surface area contributed by atoms with Crippen molar-refractivity contribution < 1.29 is 9.90 Å². The Hall–Kier alpha value is -0.610. The van der Waals surface area contributed by atoms with E-state index in [-0.39, 0.29) is 0 Å². The zero-order chi connectivity index (χ0) is 12.5. The van der Waals surface area contributed by atoms with E-state index in [1.165, 1.54) is 19.4 Å². The van der Waals surface area contributed by atoms with E-state index in [2.05, 4.69) is 17.1 Å². The Balaban J connectivity index is 1.96. The molecule has 0 aliphatic heterocycles. The number of likely N-dealkylation sites (N-methyl/N-ethyl adjacent to an activating group) is 1. The number of hydrogen-bond acceptors (Lipinski definition) is 3. The van der Waals surface area contributed by atoms with Crippen LogP contribution in [-0.4, -0.2) is 47.7 Å². The largest absolute Gasteiger partial charge is 0.480 e. The van der Waals surface area contributed by atoms with Gasteiger partial charge in [0.15, 0.2) is 0 Å². The first-order valence-corrected chi connectivity index (χ1v) is 6.77. The number of nitrogens with zero attached hydrogens (tertiary/aromatic N) is 1. The monoisotopic (exact) mass is 240 g/mol. The number of rotatable bonds is 6. The molecule has 2 rings (SSSR count). The number of nitrogens with one attached hydrogen (secondary N) is 1. The van der Waals surface area contributed by atoms with E-state index in [1.54, 1.807) is 7.05 Å². The predicted molar refractivity (Wildman–Crippen MR) is 67.0 cm³/mol. The Morgan fingerprint density at radius 2 is 2.18 bits per heavy atom. The molecular formula is C13H24N2O2. The topological polar surface area (TPSA) is 52.6 Å². The minimum atomic E-state index is -0.690. The molecule has 2 N–H and O–H groups in total. The van der Waals surface area contributed by atoms with E-state index < -0.39 is 11.5 Å². The first-order chi connectivity index (χ1) is 8.11. The molecule has 2 unspecified atom stereocenters. The van der Waals surface area contributed by atoms with Gasteiger partial charge in [-0.15, -0.1) is 0 Å². The van der Waals surface area contributed by atoms with E-state index in [4.69, 9.17) is 0 Å². The molecule has 0 heterocycles. The Kier molecular flexibility index (Phi) is 3.73. The molecule has 2 aliphatic rings. The van der Waals surface area contributed by atoms with Crippen LogP contribution in [0, 0.1) is 5.92 Å². The van der Waals surface area contributed by atoms with Crippen molar-refractivity contribution in [2.24, 2.45) is 5.92 Å². The summed E-state index contributed by atoms with van der Waals surface area (Å²) in [4.78, 5) is 13.9. The summed E-state index contributed by atoms with van der Waals surface area (Å²) >= 11 is 0. The van der Waals surface area contributed by atoms with Gasteiger partial charge in [0, 0.05) is 12.6 Å². The number of carboxylic acids is 1. The van der Waals surface area contributed by atoms with Crippen molar-refractivity contribution in [3.8, 4) is 0 Å². The SMILES string of the molecule is CCN(CC1CC1)C1CCC(NC)(C(=O)O)C1. The second kappa shape index (κ2) is 4.94. The normalized spacial score (nSPS) is 33.2. The molecule has 0 radical (unpaired) electrons. The van der Waals surface area contributed by atoms with Crippen LogP contribution in [0.1, 0.15) is 39.0 Å². The molecule has 98 valence electrons. The van der Waals surface area contributed by atoms with Gasteiger partial charge in [-0.1, -0.05) is 6.92 Å². The van der Waals surface area contributed by atoms with Gasteiger partial charge < -0.3 is 15.3 Å². The van der Waals surface area contributed by atoms with E-state index in [9.17, 15) is 9.90 Å². The smallest absolute Gasteiger partial charge is 0.323 e. The third kappa shape index (κ3) is 2.63. The van der Waals surface area contributed by atoms with Gasteiger partial charge >= 0.3 is 5.97 Å². The lowest BCUT2D eigenvalue weighted by molar-refractivity contribution is -0.144. The molecule has 2 aliphatic carbocycles. The highest BCUT2D eigenvalue weighted by Gasteiger charge is 2.46. The highest BCUT2D eigenvalue weighted by atomic mass is 16.4. The second-order valence-electron chi connectivity index (χ2n) is 5.56. The number of hydrogen-bond donors (Lipinski definition) is 2. The summed E-state index contributed by atoms with van der Waals surface area (Å²) < 4.78 is 0. The third-order valence-electron chi connectivity index (χ3n) is 4.49. The maximum atomic E-state index is 11.4. The van der Waals surface area contributed by atoms with Gasteiger partial charge in [-0.25, -0.2) is 0 Å². The van der Waals surface area contributed by atoms with Crippen LogP contribution < -0.4 is 5.32 Å². The summed E-state index contributed by atoms with van der Waals surface area (Å²) in [5, 5.41) is 12.4. The van der Waals surface area contributed by atoms with Crippen molar-refractivity contribution in [2.45, 2.75) is 50.6 Å². The van der Waals surface area contributed by atoms with Crippen LogP contribution in [0.2, 0.25) is 0 Å². The van der Waals surface area contributed by atoms with Gasteiger partial charge in [-0.3, -0.25) is 4.79 Å². The maximum Gasteiger partial charge on any atom is 0.323 e. The van der Waals surface area contributed by atoms with Crippen molar-refractivity contribution in [1.82, 2.24) is 10.2 Å². The molecule has 0 amide bonds. The fourth-order valence-corrected chi connectivity index (χ4v) is 3.03. The summed E-state index contributed by atoms with van der Waals surface area (Å²) in [7, 11) is 1.77. The molecule has 0 saturated heterocycles. The van der Waals surface area contributed by atoms with Gasteiger partial charge in [0.1, 0.15) is 5.54 Å². The van der Waals surface area contributed by atoms with Crippen molar-refractivity contribution in [2.75, 3.05) is 20.1 Å². The predicted octanol–water partition coefficient (Wildman–Crippen LogP) is 1.31. The summed E-state index contributed by atoms with van der Waals surface area (Å²) in [6, 6.07) is 0.448. The molecule has 2 saturated carbocycles. The van der Waals surface area contributed by atoms with Crippen molar-refractivity contribution in [3.63, 3.8) is 0 Å². The van der Waals surface area contributed by atoms with Gasteiger partial charge in [0.2, 0.25) is 0 Å². The molecule has 2 fully saturated rings. The molecule has 0 aromatic heterocycles. The zero-order valence-corrected chi connectivity index (χ0v) is 10.9. The lowest BCUT2D eigenvalue weighted by atomic mass is 9.98. The molecule has 0 aromatic carbocycles. The van der Waals surface area contributed by atoms with Crippen LogP contribution in [-0.2, 0) is 4.79 Å². The van der Waals surface area contributed by atoms with E-state index in [0.717, 1.165) is 31.7 Å². The Labute approximate surface area is 103 Å². The fraction of sp³-hybridized carbons (Fsp3) is 0.923. The van der Waals surface area contributed by atoms with Crippen LogP contribution in [0.25, 0.3) is 0 Å². The average molecular weight is 240 g/mol. The molecule has 2 atom stereocenters. The molecule has 0 spiro atoms. The minimum absolute atomic E-state index is 0.448. The molecule has 4 nitrogen and oxygen atoms in total. The molecule has 17 heavy (non-hydrogen) atoms. The third-order valence-corrected chi connectivity index (χ3v) is 4.49. The summed E-state index contributed by atoms with van der Waals surface area (Å²) in [6.07, 6.45) is 5.23. The van der Waals surface area contributed by atoms with Gasteiger partial charge in [-0.05, 0) is 51.6 Å². The van der Waals surface area contributed by atoms with Crippen LogP contribution >= 0.6 is 0 Å². The van der Waals surface area contributed by atoms with Gasteiger partial charge in [0.05, 0.1) is 0 Å². The first kappa shape index (κ1) is 12.8. The van der Waals surface area contributed by atoms with Gasteiger partial charge in [-0.2, -0.15) is 0 Å². The average Bonchev–Trinajstić information content (AvgIpc) is 3.03. The summed E-state index contributed by atoms with van der Waals surface area (Å²) in [5.41, 5.74) is -0.679. The van der Waals surface area contributed by atoms with Crippen LogP contribution in [0.15, 0.2) is 0 Å². The number of carbonyl (C=O) groups is 1. The summed E-state index contributed by atoms with van der Waals surface area (Å²) in [5.74, 6) is 0.189. The van der Waals surface area contributed by atoms with Gasteiger partial charge in [0.25, 0.3) is 0 Å². The van der Waals surface area contributed by atoms with Crippen LogP contribution in [0.3, 0.4) is 0 Å². The lowest BCUT2D eigenvalue weighted by Gasteiger charge is -2.29. The molecule has 0 bridgehead atoms. The van der Waals surface area contributed by atoms with Crippen LogP contribution in [0.4, 0.5) is 0 Å². The van der Waals surface area contributed by atoms with Crippen molar-refractivity contribution >= 4 is 5.97 Å². The minimum Gasteiger partial charge on any atom is -0.480 e. The first-order valence-electron chi connectivity index (χ1n) is 6.77. The summed E-state index contributed by atoms with van der Waals surface area (Å²) in [6.45, 7) is 4.39. The molecule has 4 heteroatoms. The lowest BCUT2D eigenvalue weighted by Crippen LogP contribution is -2.49. The fourth-order valence-electron chi connectivity index (χ4n) is 3.03. The highest BCUT2D eigenvalue weighted by molar-refractivity contribution is 5.79. The van der Waals surface area contributed by atoms with Crippen molar-refractivity contribution in [1.29, 1.82) is 0 Å². The zero-order valence-electron chi connectivity index (χ0n) is 10.9. The van der Waals surface area contributed by atoms with Crippen molar-refractivity contribution in [3.05, 3.63) is 0 Å². The Morgan fingerprint density at radius 1 is 1.47 bits per heavy atom. The standard InChI is InChI=1S/C13H24N2O2/c1-3-15(9-10-4-5-10)11-6-7-13(8-11,14-2)12(16)17/h10-11,14H,3-9H2,1-2H3,(H,16,17). The van der Waals surface area contributed by atoms with Crippen LogP contribution in [0.5, 0.6) is 0 Å². The maximum absolute atomic E-state index is 11.4. The van der Waals surface area contributed by atoms with E-state index in [0.29, 0.717) is 6.04 Å². The molecular weight excluding hydrogens is 216 g/mol. The highest BCUT2D eigenvalue weighted by Crippen LogP contribution is 2.36. The molecule has 0 aromatic rings. The Bertz CT molecular complexity index is 291. The number of carboxylic acid groups (broad SMARTS) is 1. The number of aliphatic carboxylic acids is 1. The second-order valence-corrected chi connectivity index (χ2v) is 5.56. The quantitative estimate of drug-likeness (QED) is 0.735. The van der Waals surface area contributed by atoms with E-state index in [1.807, 2.05) is 0 Å². The Morgan fingerprint density at radius 3 is 2.59 bits per heavy atom. The van der Waals surface area contributed by atoms with E-state index >= 15 is 0 Å².